The minimum atomic E-state index is -0.251. The molecule has 74 valence electrons. The molecule has 0 unspecified atom stereocenters. The van der Waals surface area contributed by atoms with E-state index in [2.05, 4.69) is 4.74 Å². The van der Waals surface area contributed by atoms with Gasteiger partial charge in [0.2, 0.25) is 0 Å². The average Bonchev–Trinajstić information content (AvgIpc) is 2.27. The van der Waals surface area contributed by atoms with Crippen molar-refractivity contribution in [3.05, 3.63) is 29.3 Å². The quantitative estimate of drug-likeness (QED) is 0.663. The number of thioether (sulfide) groups is 1. The second-order valence-corrected chi connectivity index (χ2v) is 4.40. The lowest BCUT2D eigenvalue weighted by Gasteiger charge is -2.15. The van der Waals surface area contributed by atoms with Crippen LogP contribution in [0.5, 0.6) is 0 Å². The van der Waals surface area contributed by atoms with Crippen LogP contribution in [0, 0.1) is 0 Å². The number of aryl methyl sites for hydroxylation is 1. The van der Waals surface area contributed by atoms with E-state index in [-0.39, 0.29) is 5.97 Å². The zero-order valence-corrected chi connectivity index (χ0v) is 8.89. The highest BCUT2D eigenvalue weighted by Gasteiger charge is 2.12. The monoisotopic (exact) mass is 208 g/mol. The summed E-state index contributed by atoms with van der Waals surface area (Å²) in [7, 11) is 1.41. The smallest absolute Gasteiger partial charge is 0.337 e. The van der Waals surface area contributed by atoms with Gasteiger partial charge in [0.05, 0.1) is 12.7 Å². The van der Waals surface area contributed by atoms with E-state index in [1.807, 2.05) is 30.0 Å². The first kappa shape index (κ1) is 9.59. The van der Waals surface area contributed by atoms with Crippen LogP contribution in [0.3, 0.4) is 0 Å². The Morgan fingerprint density at radius 3 is 3.14 bits per heavy atom. The van der Waals surface area contributed by atoms with Crippen LogP contribution in [0.15, 0.2) is 23.1 Å². The highest BCUT2D eigenvalue weighted by molar-refractivity contribution is 7.99. The average molecular weight is 208 g/mol. The molecule has 0 spiro atoms. The standard InChI is InChI=1S/C11H12O2S/c1-13-11(12)9-5-4-8-3-2-6-14-10(8)7-9/h4-5,7H,2-3,6H2,1H3. The molecule has 3 heteroatoms. The van der Waals surface area contributed by atoms with Crippen LogP contribution >= 0.6 is 11.8 Å². The van der Waals surface area contributed by atoms with Crippen LogP contribution in [0.4, 0.5) is 0 Å². The fraction of sp³-hybridized carbons (Fsp3) is 0.364. The molecule has 0 aliphatic carbocycles. The Bertz CT molecular complexity index is 360. The molecule has 0 amide bonds. The van der Waals surface area contributed by atoms with E-state index in [0.717, 1.165) is 12.2 Å². The molecule has 14 heavy (non-hydrogen) atoms. The van der Waals surface area contributed by atoms with Gasteiger partial charge in [-0.1, -0.05) is 6.07 Å². The molecule has 2 nitrogen and oxygen atoms in total. The highest BCUT2D eigenvalue weighted by Crippen LogP contribution is 2.30. The first-order valence-electron chi connectivity index (χ1n) is 4.65. The molecule has 1 aliphatic rings. The number of esters is 1. The van der Waals surface area contributed by atoms with Gasteiger partial charge in [-0.15, -0.1) is 11.8 Å². The Morgan fingerprint density at radius 1 is 1.50 bits per heavy atom. The number of hydrogen-bond acceptors (Lipinski definition) is 3. The van der Waals surface area contributed by atoms with Gasteiger partial charge in [-0.2, -0.15) is 0 Å². The van der Waals surface area contributed by atoms with Crippen molar-refractivity contribution >= 4 is 17.7 Å². The minimum Gasteiger partial charge on any atom is -0.465 e. The van der Waals surface area contributed by atoms with E-state index in [0.29, 0.717) is 5.56 Å². The number of fused-ring (bicyclic) bond motifs is 1. The molecule has 0 saturated heterocycles. The Hall–Kier alpha value is -0.960. The lowest BCUT2D eigenvalue weighted by Crippen LogP contribution is -2.04. The summed E-state index contributed by atoms with van der Waals surface area (Å²) in [5.74, 6) is 0.899. The summed E-state index contributed by atoms with van der Waals surface area (Å²) in [6, 6.07) is 5.81. The number of rotatable bonds is 1. The second-order valence-electron chi connectivity index (χ2n) is 3.27. The van der Waals surface area contributed by atoms with Crippen molar-refractivity contribution < 1.29 is 9.53 Å². The maximum Gasteiger partial charge on any atom is 0.337 e. The molecule has 1 aromatic rings. The summed E-state index contributed by atoms with van der Waals surface area (Å²) >= 11 is 1.82. The van der Waals surface area contributed by atoms with Crippen molar-refractivity contribution in [2.75, 3.05) is 12.9 Å². The molecule has 0 fully saturated rings. The molecule has 2 rings (SSSR count). The van der Waals surface area contributed by atoms with Crippen LogP contribution in [0.2, 0.25) is 0 Å². The fourth-order valence-corrected chi connectivity index (χ4v) is 2.66. The SMILES string of the molecule is COC(=O)c1ccc2c(c1)SCCC2. The zero-order chi connectivity index (χ0) is 9.97. The van der Waals surface area contributed by atoms with Gasteiger partial charge < -0.3 is 4.74 Å². The van der Waals surface area contributed by atoms with Gasteiger partial charge in [0.1, 0.15) is 0 Å². The van der Waals surface area contributed by atoms with E-state index in [4.69, 9.17) is 0 Å². The summed E-state index contributed by atoms with van der Waals surface area (Å²) in [6.45, 7) is 0. The summed E-state index contributed by atoms with van der Waals surface area (Å²) in [5.41, 5.74) is 2.01. The van der Waals surface area contributed by atoms with Crippen LogP contribution in [0.25, 0.3) is 0 Å². The third-order valence-electron chi connectivity index (χ3n) is 2.34. The molecule has 0 radical (unpaired) electrons. The fourth-order valence-electron chi connectivity index (χ4n) is 1.59. The van der Waals surface area contributed by atoms with Gasteiger partial charge in [0.25, 0.3) is 0 Å². The van der Waals surface area contributed by atoms with Crippen molar-refractivity contribution in [2.24, 2.45) is 0 Å². The molecule has 1 heterocycles. The molecule has 1 aliphatic heterocycles. The van der Waals surface area contributed by atoms with E-state index in [1.165, 1.54) is 24.0 Å². The first-order valence-corrected chi connectivity index (χ1v) is 5.64. The predicted molar refractivity (Wildman–Crippen MR) is 56.8 cm³/mol. The van der Waals surface area contributed by atoms with Gasteiger partial charge >= 0.3 is 5.97 Å². The van der Waals surface area contributed by atoms with Crippen molar-refractivity contribution in [1.82, 2.24) is 0 Å². The third kappa shape index (κ3) is 1.77. The van der Waals surface area contributed by atoms with E-state index in [9.17, 15) is 4.79 Å². The first-order chi connectivity index (χ1) is 6.81. The maximum atomic E-state index is 11.3. The third-order valence-corrected chi connectivity index (χ3v) is 3.52. The van der Waals surface area contributed by atoms with E-state index >= 15 is 0 Å². The Morgan fingerprint density at radius 2 is 2.36 bits per heavy atom. The molecule has 0 N–H and O–H groups in total. The lowest BCUT2D eigenvalue weighted by molar-refractivity contribution is 0.0600. The number of ether oxygens (including phenoxy) is 1. The Labute approximate surface area is 87.6 Å². The van der Waals surface area contributed by atoms with Crippen LogP contribution in [-0.4, -0.2) is 18.8 Å². The zero-order valence-electron chi connectivity index (χ0n) is 8.08. The summed E-state index contributed by atoms with van der Waals surface area (Å²) < 4.78 is 4.68. The number of benzene rings is 1. The highest BCUT2D eigenvalue weighted by atomic mass is 32.2. The number of carbonyl (C=O) groups excluding carboxylic acids is 1. The number of carbonyl (C=O) groups is 1. The molecular weight excluding hydrogens is 196 g/mol. The molecule has 1 aromatic carbocycles. The molecule has 0 bridgehead atoms. The van der Waals surface area contributed by atoms with Gasteiger partial charge in [-0.05, 0) is 36.3 Å². The van der Waals surface area contributed by atoms with Crippen LogP contribution < -0.4 is 0 Å². The van der Waals surface area contributed by atoms with E-state index in [1.54, 1.807) is 0 Å². The van der Waals surface area contributed by atoms with Crippen molar-refractivity contribution in [2.45, 2.75) is 17.7 Å². The summed E-state index contributed by atoms with van der Waals surface area (Å²) in [6.07, 6.45) is 2.36. The molecule has 0 saturated carbocycles. The van der Waals surface area contributed by atoms with Crippen LogP contribution in [0.1, 0.15) is 22.3 Å². The maximum absolute atomic E-state index is 11.3. The molecular formula is C11H12O2S. The second kappa shape index (κ2) is 4.05. The minimum absolute atomic E-state index is 0.251. The lowest BCUT2D eigenvalue weighted by atomic mass is 10.1. The normalized spacial score (nSPS) is 14.6. The van der Waals surface area contributed by atoms with Gasteiger partial charge in [0.15, 0.2) is 0 Å². The topological polar surface area (TPSA) is 26.3 Å². The van der Waals surface area contributed by atoms with Crippen LogP contribution in [-0.2, 0) is 11.2 Å². The van der Waals surface area contributed by atoms with Crippen molar-refractivity contribution in [1.29, 1.82) is 0 Å². The molecule has 0 atom stereocenters. The van der Waals surface area contributed by atoms with Gasteiger partial charge in [-0.3, -0.25) is 0 Å². The van der Waals surface area contributed by atoms with Gasteiger partial charge in [0, 0.05) is 4.90 Å². The number of methoxy groups -OCH3 is 1. The molecule has 0 aromatic heterocycles. The number of hydrogen-bond donors (Lipinski definition) is 0. The summed E-state index contributed by atoms with van der Waals surface area (Å²) in [4.78, 5) is 12.5. The van der Waals surface area contributed by atoms with Crippen molar-refractivity contribution in [3.63, 3.8) is 0 Å². The van der Waals surface area contributed by atoms with Gasteiger partial charge in [-0.25, -0.2) is 4.79 Å². The van der Waals surface area contributed by atoms with Crippen molar-refractivity contribution in [3.8, 4) is 0 Å². The Kier molecular flexibility index (Phi) is 2.77. The summed E-state index contributed by atoms with van der Waals surface area (Å²) in [5, 5.41) is 0. The predicted octanol–water partition coefficient (Wildman–Crippen LogP) is 2.51. The largest absolute Gasteiger partial charge is 0.465 e. The van der Waals surface area contributed by atoms with E-state index < -0.39 is 0 Å². The Balaban J connectivity index is 2.33.